The van der Waals surface area contributed by atoms with Crippen molar-refractivity contribution in [3.63, 3.8) is 0 Å². The number of hydrogen-bond donors (Lipinski definition) is 1. The average Bonchev–Trinajstić information content (AvgIpc) is 3.30. The lowest BCUT2D eigenvalue weighted by molar-refractivity contribution is 0.00493. The van der Waals surface area contributed by atoms with Gasteiger partial charge in [0, 0.05) is 25.3 Å². The van der Waals surface area contributed by atoms with Gasteiger partial charge in [-0.05, 0) is 50.8 Å². The van der Waals surface area contributed by atoms with Crippen LogP contribution in [0.15, 0.2) is 36.8 Å². The predicted octanol–water partition coefficient (Wildman–Crippen LogP) is 4.57. The van der Waals surface area contributed by atoms with Crippen LogP contribution >= 0.6 is 23.2 Å². The minimum atomic E-state index is -0.603. The monoisotopic (exact) mass is 539 g/mol. The summed E-state index contributed by atoms with van der Waals surface area (Å²) in [6.07, 6.45) is 8.01. The first kappa shape index (κ1) is 25.6. The molecule has 1 aliphatic carbocycles. The van der Waals surface area contributed by atoms with Crippen LogP contribution < -0.4 is 5.32 Å². The van der Waals surface area contributed by atoms with Crippen molar-refractivity contribution in [2.45, 2.75) is 44.1 Å². The second-order valence-corrected chi connectivity index (χ2v) is 10.3. The van der Waals surface area contributed by atoms with Crippen LogP contribution in [0.4, 0.5) is 5.69 Å². The standard InChI is InChI=1S/C26H27Cl2N7O2/c1-17-21(15-32-35(17)24-22(28)12-18(27)13-31-24)25(36)33-19-2-3-23(30-14-19)26(16-29)6-4-20(5-7-26)34-8-10-37-11-9-34/h2-3,12-15,20H,4-11H2,1H3,(H,33,36)/t20-,26-. The number of carbonyl (C=O) groups is 1. The first-order chi connectivity index (χ1) is 17.9. The van der Waals surface area contributed by atoms with E-state index in [0.29, 0.717) is 38.8 Å². The molecule has 3 aromatic rings. The van der Waals surface area contributed by atoms with Gasteiger partial charge in [0.15, 0.2) is 5.82 Å². The molecule has 1 aliphatic heterocycles. The van der Waals surface area contributed by atoms with Gasteiger partial charge in [-0.3, -0.25) is 14.7 Å². The van der Waals surface area contributed by atoms with E-state index in [1.165, 1.54) is 17.1 Å². The molecule has 0 spiro atoms. The summed E-state index contributed by atoms with van der Waals surface area (Å²) in [4.78, 5) is 24.3. The average molecular weight is 540 g/mol. The van der Waals surface area contributed by atoms with Crippen LogP contribution in [0.5, 0.6) is 0 Å². The molecule has 11 heteroatoms. The first-order valence-electron chi connectivity index (χ1n) is 12.3. The topological polar surface area (TPSA) is 109 Å². The van der Waals surface area contributed by atoms with Crippen molar-refractivity contribution in [2.24, 2.45) is 0 Å². The molecule has 2 aliphatic rings. The van der Waals surface area contributed by atoms with Crippen molar-refractivity contribution in [1.29, 1.82) is 5.26 Å². The van der Waals surface area contributed by atoms with Crippen LogP contribution in [0.1, 0.15) is 47.4 Å². The number of nitrogens with one attached hydrogen (secondary N) is 1. The zero-order chi connectivity index (χ0) is 26.0. The molecule has 37 heavy (non-hydrogen) atoms. The number of halogens is 2. The normalized spacial score (nSPS) is 22.4. The number of nitriles is 1. The Labute approximate surface area is 225 Å². The van der Waals surface area contributed by atoms with E-state index in [0.717, 1.165) is 57.7 Å². The Balaban J connectivity index is 1.26. The molecule has 4 heterocycles. The second-order valence-electron chi connectivity index (χ2n) is 9.47. The summed E-state index contributed by atoms with van der Waals surface area (Å²) in [5.41, 5.74) is 1.65. The minimum absolute atomic E-state index is 0.329. The highest BCUT2D eigenvalue weighted by Gasteiger charge is 2.40. The Morgan fingerprint density at radius 1 is 1.16 bits per heavy atom. The molecule has 1 N–H and O–H groups in total. The molecule has 1 saturated heterocycles. The van der Waals surface area contributed by atoms with Gasteiger partial charge in [0.1, 0.15) is 0 Å². The second kappa shape index (κ2) is 10.8. The molecule has 5 rings (SSSR count). The zero-order valence-electron chi connectivity index (χ0n) is 20.5. The molecule has 9 nitrogen and oxygen atoms in total. The molecular formula is C26H27Cl2N7O2. The first-order valence-corrected chi connectivity index (χ1v) is 13.0. The Morgan fingerprint density at radius 3 is 2.57 bits per heavy atom. The van der Waals surface area contributed by atoms with Crippen LogP contribution in [-0.2, 0) is 10.2 Å². The number of ether oxygens (including phenoxy) is 1. The number of aromatic nitrogens is 4. The molecule has 0 radical (unpaired) electrons. The molecular weight excluding hydrogens is 513 g/mol. The Bertz CT molecular complexity index is 1320. The van der Waals surface area contributed by atoms with Gasteiger partial charge in [-0.15, -0.1) is 0 Å². The quantitative estimate of drug-likeness (QED) is 0.505. The fourth-order valence-electron chi connectivity index (χ4n) is 5.19. The van der Waals surface area contributed by atoms with E-state index in [1.807, 2.05) is 6.07 Å². The summed E-state index contributed by atoms with van der Waals surface area (Å²) in [6, 6.07) is 8.26. The van der Waals surface area contributed by atoms with Gasteiger partial charge in [0.2, 0.25) is 0 Å². The molecule has 2 fully saturated rings. The zero-order valence-corrected chi connectivity index (χ0v) is 22.0. The van der Waals surface area contributed by atoms with Gasteiger partial charge >= 0.3 is 0 Å². The third kappa shape index (κ3) is 5.20. The van der Waals surface area contributed by atoms with Crippen LogP contribution in [-0.4, -0.2) is 62.9 Å². The maximum absolute atomic E-state index is 13.0. The van der Waals surface area contributed by atoms with Gasteiger partial charge in [-0.2, -0.15) is 10.4 Å². The number of nitrogens with zero attached hydrogens (tertiary/aromatic N) is 6. The fraction of sp³-hybridized carbons (Fsp3) is 0.423. The van der Waals surface area contributed by atoms with Gasteiger partial charge in [-0.1, -0.05) is 23.2 Å². The summed E-state index contributed by atoms with van der Waals surface area (Å²) in [5.74, 6) is 0.0585. The van der Waals surface area contributed by atoms with E-state index in [1.54, 1.807) is 25.3 Å². The molecule has 0 atom stereocenters. The lowest BCUT2D eigenvalue weighted by atomic mass is 9.71. The lowest BCUT2D eigenvalue weighted by Crippen LogP contribution is -2.47. The number of hydrogen-bond acceptors (Lipinski definition) is 7. The molecule has 1 saturated carbocycles. The van der Waals surface area contributed by atoms with Crippen molar-refractivity contribution in [2.75, 3.05) is 31.6 Å². The van der Waals surface area contributed by atoms with E-state index < -0.39 is 5.41 Å². The molecule has 0 unspecified atom stereocenters. The van der Waals surface area contributed by atoms with Crippen molar-refractivity contribution in [1.82, 2.24) is 24.6 Å². The summed E-state index contributed by atoms with van der Waals surface area (Å²) >= 11 is 12.2. The summed E-state index contributed by atoms with van der Waals surface area (Å²) < 4.78 is 6.97. The van der Waals surface area contributed by atoms with Crippen LogP contribution in [0.2, 0.25) is 10.0 Å². The highest BCUT2D eigenvalue weighted by atomic mass is 35.5. The Morgan fingerprint density at radius 2 is 1.92 bits per heavy atom. The fourth-order valence-corrected chi connectivity index (χ4v) is 5.65. The third-order valence-corrected chi connectivity index (χ3v) is 7.82. The van der Waals surface area contributed by atoms with E-state index >= 15 is 0 Å². The van der Waals surface area contributed by atoms with Crippen molar-refractivity contribution in [3.8, 4) is 11.9 Å². The van der Waals surface area contributed by atoms with Crippen molar-refractivity contribution >= 4 is 34.8 Å². The van der Waals surface area contributed by atoms with Crippen molar-refractivity contribution in [3.05, 3.63) is 63.8 Å². The van der Waals surface area contributed by atoms with E-state index in [2.05, 4.69) is 31.4 Å². The molecule has 1 amide bonds. The number of anilines is 1. The highest BCUT2D eigenvalue weighted by Crippen LogP contribution is 2.40. The van der Waals surface area contributed by atoms with Crippen molar-refractivity contribution < 1.29 is 9.53 Å². The summed E-state index contributed by atoms with van der Waals surface area (Å²) in [6.45, 7) is 5.23. The number of morpholine rings is 1. The number of amides is 1. The minimum Gasteiger partial charge on any atom is -0.379 e. The van der Waals surface area contributed by atoms with Crippen LogP contribution in [0.25, 0.3) is 5.82 Å². The maximum atomic E-state index is 13.0. The van der Waals surface area contributed by atoms with Gasteiger partial charge in [0.25, 0.3) is 5.91 Å². The van der Waals surface area contributed by atoms with E-state index in [4.69, 9.17) is 27.9 Å². The van der Waals surface area contributed by atoms with E-state index in [-0.39, 0.29) is 5.91 Å². The molecule has 0 aromatic carbocycles. The Kier molecular flexibility index (Phi) is 7.45. The largest absolute Gasteiger partial charge is 0.379 e. The number of carbonyl (C=O) groups excluding carboxylic acids is 1. The number of pyridine rings is 2. The highest BCUT2D eigenvalue weighted by molar-refractivity contribution is 6.35. The molecule has 192 valence electrons. The van der Waals surface area contributed by atoms with Gasteiger partial charge in [0.05, 0.1) is 69.8 Å². The SMILES string of the molecule is Cc1c(C(=O)Nc2ccc([C@]3(C#N)CC[C@@H](N4CCOCC4)CC3)nc2)cnn1-c1ncc(Cl)cc1Cl. The third-order valence-electron chi connectivity index (χ3n) is 7.34. The molecule has 0 bridgehead atoms. The summed E-state index contributed by atoms with van der Waals surface area (Å²) in [5, 5.41) is 18.0. The van der Waals surface area contributed by atoms with Gasteiger partial charge < -0.3 is 10.1 Å². The smallest absolute Gasteiger partial charge is 0.259 e. The lowest BCUT2D eigenvalue weighted by Gasteiger charge is -2.41. The van der Waals surface area contributed by atoms with Crippen LogP contribution in [0.3, 0.4) is 0 Å². The maximum Gasteiger partial charge on any atom is 0.259 e. The Hall–Kier alpha value is -3.03. The predicted molar refractivity (Wildman–Crippen MR) is 140 cm³/mol. The van der Waals surface area contributed by atoms with Crippen LogP contribution in [0, 0.1) is 18.3 Å². The number of rotatable bonds is 5. The summed E-state index contributed by atoms with van der Waals surface area (Å²) in [7, 11) is 0. The molecule has 3 aromatic heterocycles. The van der Waals surface area contributed by atoms with E-state index in [9.17, 15) is 10.1 Å². The van der Waals surface area contributed by atoms with Gasteiger partial charge in [-0.25, -0.2) is 9.67 Å².